The van der Waals surface area contributed by atoms with Gasteiger partial charge in [0.1, 0.15) is 12.4 Å². The molecule has 2 N–H and O–H groups in total. The molecule has 0 saturated heterocycles. The summed E-state index contributed by atoms with van der Waals surface area (Å²) in [5, 5.41) is 0. The predicted molar refractivity (Wildman–Crippen MR) is 75.0 cm³/mol. The lowest BCUT2D eigenvalue weighted by molar-refractivity contribution is -0.137. The Morgan fingerprint density at radius 3 is 2.33 bits per heavy atom. The van der Waals surface area contributed by atoms with Gasteiger partial charge in [0.15, 0.2) is 0 Å². The molecule has 1 atom stereocenters. The Morgan fingerprint density at radius 2 is 1.76 bits per heavy atom. The summed E-state index contributed by atoms with van der Waals surface area (Å²) in [6, 6.07) is 12.2. The molecule has 0 spiro atoms. The van der Waals surface area contributed by atoms with Crippen LogP contribution < -0.4 is 10.5 Å². The molecule has 0 fully saturated rings. The van der Waals surface area contributed by atoms with E-state index in [4.69, 9.17) is 10.5 Å². The lowest BCUT2D eigenvalue weighted by Crippen LogP contribution is -2.20. The van der Waals surface area contributed by atoms with E-state index in [0.29, 0.717) is 16.9 Å². The highest BCUT2D eigenvalue weighted by molar-refractivity contribution is 5.34. The van der Waals surface area contributed by atoms with Crippen molar-refractivity contribution in [1.82, 2.24) is 0 Å². The average molecular weight is 295 g/mol. The van der Waals surface area contributed by atoms with Gasteiger partial charge < -0.3 is 10.5 Å². The van der Waals surface area contributed by atoms with Crippen LogP contribution in [0.4, 0.5) is 13.2 Å². The van der Waals surface area contributed by atoms with Gasteiger partial charge in [0.05, 0.1) is 11.6 Å². The molecule has 21 heavy (non-hydrogen) atoms. The monoisotopic (exact) mass is 295 g/mol. The van der Waals surface area contributed by atoms with Crippen molar-refractivity contribution in [2.24, 2.45) is 5.73 Å². The molecule has 5 heteroatoms. The SMILES string of the molecule is Cc1cc(C(F)(F)F)ccc1C(N)COc1ccccc1. The Kier molecular flexibility index (Phi) is 4.53. The quantitative estimate of drug-likeness (QED) is 0.922. The number of rotatable bonds is 4. The summed E-state index contributed by atoms with van der Waals surface area (Å²) in [4.78, 5) is 0. The van der Waals surface area contributed by atoms with Gasteiger partial charge in [0.2, 0.25) is 0 Å². The highest BCUT2D eigenvalue weighted by Crippen LogP contribution is 2.31. The van der Waals surface area contributed by atoms with E-state index in [-0.39, 0.29) is 6.61 Å². The first-order chi connectivity index (χ1) is 9.88. The molecule has 0 heterocycles. The first-order valence-electron chi connectivity index (χ1n) is 6.49. The molecule has 2 aromatic rings. The van der Waals surface area contributed by atoms with Gasteiger partial charge in [-0.1, -0.05) is 24.3 Å². The summed E-state index contributed by atoms with van der Waals surface area (Å²) in [7, 11) is 0. The third kappa shape index (κ3) is 3.98. The summed E-state index contributed by atoms with van der Waals surface area (Å²) in [5.41, 5.74) is 6.49. The minimum atomic E-state index is -4.34. The van der Waals surface area contributed by atoms with Crippen molar-refractivity contribution in [3.63, 3.8) is 0 Å². The zero-order chi connectivity index (χ0) is 15.5. The number of benzene rings is 2. The van der Waals surface area contributed by atoms with E-state index in [1.807, 2.05) is 18.2 Å². The van der Waals surface area contributed by atoms with Crippen LogP contribution in [0.2, 0.25) is 0 Å². The minimum absolute atomic E-state index is 0.205. The highest BCUT2D eigenvalue weighted by Gasteiger charge is 2.30. The number of para-hydroxylation sites is 1. The number of nitrogens with two attached hydrogens (primary N) is 1. The summed E-state index contributed by atoms with van der Waals surface area (Å²) in [5.74, 6) is 0.678. The minimum Gasteiger partial charge on any atom is -0.492 e. The smallest absolute Gasteiger partial charge is 0.416 e. The molecule has 1 unspecified atom stereocenters. The number of hydrogen-bond acceptors (Lipinski definition) is 2. The number of ether oxygens (including phenoxy) is 1. The molecular formula is C16H16F3NO. The first kappa shape index (κ1) is 15.4. The maximum atomic E-state index is 12.6. The van der Waals surface area contributed by atoms with Crippen LogP contribution in [0.5, 0.6) is 5.75 Å². The Morgan fingerprint density at radius 1 is 1.10 bits per heavy atom. The first-order valence-corrected chi connectivity index (χ1v) is 6.49. The van der Waals surface area contributed by atoms with Crippen molar-refractivity contribution in [1.29, 1.82) is 0 Å². The topological polar surface area (TPSA) is 35.2 Å². The Hall–Kier alpha value is -2.01. The summed E-state index contributed by atoms with van der Waals surface area (Å²) < 4.78 is 43.4. The fourth-order valence-electron chi connectivity index (χ4n) is 2.06. The third-order valence-electron chi connectivity index (χ3n) is 3.17. The summed E-state index contributed by atoms with van der Waals surface area (Å²) in [6.45, 7) is 1.82. The molecule has 112 valence electrons. The Balaban J connectivity index is 2.07. The van der Waals surface area contributed by atoms with Gasteiger partial charge in [0, 0.05) is 0 Å². The second kappa shape index (κ2) is 6.18. The van der Waals surface area contributed by atoms with E-state index in [1.54, 1.807) is 19.1 Å². The molecule has 0 amide bonds. The molecule has 2 aromatic carbocycles. The normalized spacial score (nSPS) is 13.0. The second-order valence-electron chi connectivity index (χ2n) is 4.80. The maximum absolute atomic E-state index is 12.6. The van der Waals surface area contributed by atoms with Crippen LogP contribution in [0.3, 0.4) is 0 Å². The van der Waals surface area contributed by atoms with Crippen molar-refractivity contribution >= 4 is 0 Å². The number of halogens is 3. The van der Waals surface area contributed by atoms with Crippen LogP contribution in [-0.4, -0.2) is 6.61 Å². The Labute approximate surface area is 121 Å². The molecule has 0 radical (unpaired) electrons. The van der Waals surface area contributed by atoms with Gasteiger partial charge in [0.25, 0.3) is 0 Å². The van der Waals surface area contributed by atoms with E-state index >= 15 is 0 Å². The van der Waals surface area contributed by atoms with Crippen molar-refractivity contribution in [2.45, 2.75) is 19.1 Å². The lowest BCUT2D eigenvalue weighted by Gasteiger charge is -2.17. The maximum Gasteiger partial charge on any atom is 0.416 e. The van der Waals surface area contributed by atoms with Crippen LogP contribution >= 0.6 is 0 Å². The van der Waals surface area contributed by atoms with E-state index in [0.717, 1.165) is 12.1 Å². The molecule has 0 aromatic heterocycles. The van der Waals surface area contributed by atoms with Gasteiger partial charge in [-0.15, -0.1) is 0 Å². The summed E-state index contributed by atoms with van der Waals surface area (Å²) in [6.07, 6.45) is -4.34. The number of hydrogen-bond donors (Lipinski definition) is 1. The van der Waals surface area contributed by atoms with E-state index < -0.39 is 17.8 Å². The zero-order valence-electron chi connectivity index (χ0n) is 11.5. The van der Waals surface area contributed by atoms with Crippen molar-refractivity contribution in [2.75, 3.05) is 6.61 Å². The van der Waals surface area contributed by atoms with Gasteiger partial charge in [-0.05, 0) is 42.3 Å². The summed E-state index contributed by atoms with van der Waals surface area (Å²) >= 11 is 0. The molecule has 0 bridgehead atoms. The molecule has 0 aliphatic carbocycles. The molecule has 2 nitrogen and oxygen atoms in total. The van der Waals surface area contributed by atoms with Gasteiger partial charge >= 0.3 is 6.18 Å². The molecule has 0 saturated carbocycles. The van der Waals surface area contributed by atoms with Gasteiger partial charge in [-0.25, -0.2) is 0 Å². The molecular weight excluding hydrogens is 279 g/mol. The van der Waals surface area contributed by atoms with E-state index in [2.05, 4.69) is 0 Å². The van der Waals surface area contributed by atoms with Crippen LogP contribution in [0.25, 0.3) is 0 Å². The second-order valence-corrected chi connectivity index (χ2v) is 4.80. The largest absolute Gasteiger partial charge is 0.492 e. The van der Waals surface area contributed by atoms with Crippen LogP contribution in [0.15, 0.2) is 48.5 Å². The van der Waals surface area contributed by atoms with Crippen molar-refractivity contribution < 1.29 is 17.9 Å². The fraction of sp³-hybridized carbons (Fsp3) is 0.250. The fourth-order valence-corrected chi connectivity index (χ4v) is 2.06. The van der Waals surface area contributed by atoms with Crippen molar-refractivity contribution in [3.05, 3.63) is 65.2 Å². The zero-order valence-corrected chi connectivity index (χ0v) is 11.5. The van der Waals surface area contributed by atoms with Gasteiger partial charge in [-0.2, -0.15) is 13.2 Å². The van der Waals surface area contributed by atoms with E-state index in [1.165, 1.54) is 6.07 Å². The molecule has 0 aliphatic heterocycles. The molecule has 2 rings (SSSR count). The average Bonchev–Trinajstić information content (AvgIpc) is 2.45. The van der Waals surface area contributed by atoms with Gasteiger partial charge in [-0.3, -0.25) is 0 Å². The predicted octanol–water partition coefficient (Wildman–Crippen LogP) is 4.09. The van der Waals surface area contributed by atoms with Crippen LogP contribution in [0.1, 0.15) is 22.7 Å². The Bertz CT molecular complexity index is 596. The highest BCUT2D eigenvalue weighted by atomic mass is 19.4. The number of alkyl halides is 3. The van der Waals surface area contributed by atoms with Crippen LogP contribution in [0, 0.1) is 6.92 Å². The third-order valence-corrected chi connectivity index (χ3v) is 3.17. The van der Waals surface area contributed by atoms with Crippen molar-refractivity contribution in [3.8, 4) is 5.75 Å². The number of aryl methyl sites for hydroxylation is 1. The lowest BCUT2D eigenvalue weighted by atomic mass is 9.99. The molecule has 0 aliphatic rings. The van der Waals surface area contributed by atoms with E-state index in [9.17, 15) is 13.2 Å². The van der Waals surface area contributed by atoms with Crippen LogP contribution in [-0.2, 0) is 6.18 Å². The standard InChI is InChI=1S/C16H16F3NO/c1-11-9-12(16(17,18)19)7-8-14(11)15(20)10-21-13-5-3-2-4-6-13/h2-9,15H,10,20H2,1H3.